The van der Waals surface area contributed by atoms with E-state index in [1.165, 1.54) is 23.0 Å². The SMILES string of the molecule is CCOC(=O)c1ccc(NC(=O)COc2ccc(/C=c3\sc4nc(-c5ccncc5)nn4c3=O)cc2OC)cc1. The minimum Gasteiger partial charge on any atom is -0.493 e. The number of fused-ring (bicyclic) bond motifs is 1. The van der Waals surface area contributed by atoms with E-state index in [1.54, 1.807) is 80.0 Å². The third-order valence-electron chi connectivity index (χ3n) is 5.64. The third kappa shape index (κ3) is 5.81. The Kier molecular flexibility index (Phi) is 7.78. The smallest absolute Gasteiger partial charge is 0.338 e. The van der Waals surface area contributed by atoms with Gasteiger partial charge in [-0.05, 0) is 67.1 Å². The Labute approximate surface area is 231 Å². The molecule has 0 spiro atoms. The van der Waals surface area contributed by atoms with Gasteiger partial charge in [0.25, 0.3) is 11.5 Å². The lowest BCUT2D eigenvalue weighted by molar-refractivity contribution is -0.118. The second-order valence-electron chi connectivity index (χ2n) is 8.33. The van der Waals surface area contributed by atoms with Gasteiger partial charge in [0.2, 0.25) is 4.96 Å². The van der Waals surface area contributed by atoms with E-state index in [-0.39, 0.29) is 18.8 Å². The number of ether oxygens (including phenoxy) is 3. The fourth-order valence-corrected chi connectivity index (χ4v) is 4.65. The fourth-order valence-electron chi connectivity index (χ4n) is 3.75. The van der Waals surface area contributed by atoms with Crippen LogP contribution in [0.25, 0.3) is 22.4 Å². The largest absolute Gasteiger partial charge is 0.493 e. The van der Waals surface area contributed by atoms with E-state index in [0.29, 0.717) is 43.6 Å². The normalized spacial score (nSPS) is 11.4. The molecule has 11 nitrogen and oxygen atoms in total. The number of hydrogen-bond donors (Lipinski definition) is 1. The van der Waals surface area contributed by atoms with Crippen molar-refractivity contribution in [3.05, 3.63) is 93.0 Å². The Bertz CT molecular complexity index is 1780. The van der Waals surface area contributed by atoms with E-state index in [9.17, 15) is 14.4 Å². The zero-order valence-corrected chi connectivity index (χ0v) is 22.3. The number of amides is 1. The highest BCUT2D eigenvalue weighted by Crippen LogP contribution is 2.28. The number of aromatic nitrogens is 4. The maximum Gasteiger partial charge on any atom is 0.338 e. The molecule has 2 aromatic carbocycles. The van der Waals surface area contributed by atoms with Crippen LogP contribution in [-0.2, 0) is 9.53 Å². The van der Waals surface area contributed by atoms with Gasteiger partial charge in [0, 0.05) is 23.6 Å². The topological polar surface area (TPSA) is 134 Å². The second-order valence-corrected chi connectivity index (χ2v) is 9.34. The summed E-state index contributed by atoms with van der Waals surface area (Å²) in [4.78, 5) is 46.0. The molecular weight excluding hydrogens is 534 g/mol. The number of thiazole rings is 1. The van der Waals surface area contributed by atoms with Crippen molar-refractivity contribution < 1.29 is 23.8 Å². The summed E-state index contributed by atoms with van der Waals surface area (Å²) in [6, 6.07) is 15.0. The molecule has 0 aliphatic carbocycles. The Morgan fingerprint density at radius 2 is 1.82 bits per heavy atom. The third-order valence-corrected chi connectivity index (χ3v) is 6.60. The number of nitrogens with zero attached hydrogens (tertiary/aromatic N) is 4. The molecular formula is C28H23N5O6S. The number of benzene rings is 2. The van der Waals surface area contributed by atoms with E-state index in [1.807, 2.05) is 0 Å². The molecule has 5 aromatic rings. The number of rotatable bonds is 9. The molecule has 0 aliphatic rings. The van der Waals surface area contributed by atoms with Gasteiger partial charge in [-0.2, -0.15) is 9.50 Å². The number of carbonyl (C=O) groups is 2. The van der Waals surface area contributed by atoms with Gasteiger partial charge in [-0.3, -0.25) is 14.6 Å². The number of pyridine rings is 1. The Hall–Kier alpha value is -5.10. The van der Waals surface area contributed by atoms with Crippen LogP contribution >= 0.6 is 11.3 Å². The fraction of sp³-hybridized carbons (Fsp3) is 0.143. The summed E-state index contributed by atoms with van der Waals surface area (Å²) in [5, 5.41) is 7.04. The molecule has 0 fully saturated rings. The van der Waals surface area contributed by atoms with Gasteiger partial charge in [0.1, 0.15) is 0 Å². The van der Waals surface area contributed by atoms with Crippen LogP contribution in [0, 0.1) is 0 Å². The van der Waals surface area contributed by atoms with Crippen molar-refractivity contribution in [1.29, 1.82) is 0 Å². The Morgan fingerprint density at radius 1 is 1.05 bits per heavy atom. The lowest BCUT2D eigenvalue weighted by atomic mass is 10.2. The highest BCUT2D eigenvalue weighted by Gasteiger charge is 2.13. The van der Waals surface area contributed by atoms with Gasteiger partial charge in [-0.15, -0.1) is 5.10 Å². The first-order chi connectivity index (χ1) is 19.4. The summed E-state index contributed by atoms with van der Waals surface area (Å²) in [6.07, 6.45) is 5.00. The van der Waals surface area contributed by atoms with Crippen LogP contribution in [0.15, 0.2) is 71.8 Å². The number of anilines is 1. The number of nitrogens with one attached hydrogen (secondary N) is 1. The molecule has 1 N–H and O–H groups in total. The van der Waals surface area contributed by atoms with Gasteiger partial charge >= 0.3 is 5.97 Å². The van der Waals surface area contributed by atoms with Crippen molar-refractivity contribution in [3.8, 4) is 22.9 Å². The summed E-state index contributed by atoms with van der Waals surface area (Å²) >= 11 is 1.23. The summed E-state index contributed by atoms with van der Waals surface area (Å²) in [5.74, 6) is 0.395. The minimum absolute atomic E-state index is 0.267. The molecule has 12 heteroatoms. The van der Waals surface area contributed by atoms with E-state index in [0.717, 1.165) is 5.56 Å². The van der Waals surface area contributed by atoms with Crippen molar-refractivity contribution in [2.45, 2.75) is 6.92 Å². The van der Waals surface area contributed by atoms with Crippen LogP contribution in [-0.4, -0.2) is 51.8 Å². The van der Waals surface area contributed by atoms with Crippen molar-refractivity contribution in [1.82, 2.24) is 19.6 Å². The quantitative estimate of drug-likeness (QED) is 0.272. The lowest BCUT2D eigenvalue weighted by Crippen LogP contribution is -2.23. The average Bonchev–Trinajstić information content (AvgIpc) is 3.52. The molecule has 0 saturated carbocycles. The highest BCUT2D eigenvalue weighted by atomic mass is 32.1. The van der Waals surface area contributed by atoms with Crippen LogP contribution in [0.4, 0.5) is 5.69 Å². The van der Waals surface area contributed by atoms with Crippen LogP contribution < -0.4 is 24.9 Å². The molecule has 202 valence electrons. The van der Waals surface area contributed by atoms with E-state index in [2.05, 4.69) is 20.4 Å². The summed E-state index contributed by atoms with van der Waals surface area (Å²) in [6.45, 7) is 1.75. The summed E-state index contributed by atoms with van der Waals surface area (Å²) in [5.41, 5.74) is 2.10. The van der Waals surface area contributed by atoms with Crippen molar-refractivity contribution in [2.24, 2.45) is 0 Å². The predicted octanol–water partition coefficient (Wildman–Crippen LogP) is 2.96. The van der Waals surface area contributed by atoms with Gasteiger partial charge in [-0.1, -0.05) is 17.4 Å². The zero-order chi connectivity index (χ0) is 28.1. The zero-order valence-electron chi connectivity index (χ0n) is 21.5. The first-order valence-electron chi connectivity index (χ1n) is 12.1. The molecule has 40 heavy (non-hydrogen) atoms. The molecule has 5 rings (SSSR count). The second kappa shape index (κ2) is 11.7. The molecule has 3 heterocycles. The predicted molar refractivity (Wildman–Crippen MR) is 149 cm³/mol. The molecule has 0 aliphatic heterocycles. The number of methoxy groups -OCH3 is 1. The van der Waals surface area contributed by atoms with E-state index < -0.39 is 11.9 Å². The molecule has 0 saturated heterocycles. The van der Waals surface area contributed by atoms with Crippen LogP contribution in [0.5, 0.6) is 11.5 Å². The van der Waals surface area contributed by atoms with Crippen LogP contribution in [0.3, 0.4) is 0 Å². The van der Waals surface area contributed by atoms with Crippen LogP contribution in [0.2, 0.25) is 0 Å². The monoisotopic (exact) mass is 557 g/mol. The van der Waals surface area contributed by atoms with Gasteiger partial charge in [0.05, 0.1) is 23.8 Å². The lowest BCUT2D eigenvalue weighted by Gasteiger charge is -2.11. The van der Waals surface area contributed by atoms with E-state index in [4.69, 9.17) is 14.2 Å². The highest BCUT2D eigenvalue weighted by molar-refractivity contribution is 7.15. The van der Waals surface area contributed by atoms with Crippen molar-refractivity contribution >= 4 is 39.9 Å². The minimum atomic E-state index is -0.427. The molecule has 0 atom stereocenters. The average molecular weight is 558 g/mol. The maximum atomic E-state index is 12.9. The van der Waals surface area contributed by atoms with Crippen LogP contribution in [0.1, 0.15) is 22.8 Å². The molecule has 0 unspecified atom stereocenters. The first kappa shape index (κ1) is 26.5. The summed E-state index contributed by atoms with van der Waals surface area (Å²) < 4.78 is 17.8. The Balaban J connectivity index is 1.26. The van der Waals surface area contributed by atoms with Crippen molar-refractivity contribution in [2.75, 3.05) is 25.6 Å². The van der Waals surface area contributed by atoms with Gasteiger partial charge in [0.15, 0.2) is 23.9 Å². The number of carbonyl (C=O) groups excluding carboxylic acids is 2. The summed E-state index contributed by atoms with van der Waals surface area (Å²) in [7, 11) is 1.49. The Morgan fingerprint density at radius 3 is 2.52 bits per heavy atom. The first-order valence-corrected chi connectivity index (χ1v) is 13.0. The molecule has 0 bridgehead atoms. The number of esters is 1. The molecule has 3 aromatic heterocycles. The molecule has 1 amide bonds. The van der Waals surface area contributed by atoms with Gasteiger partial charge in [-0.25, -0.2) is 4.79 Å². The van der Waals surface area contributed by atoms with E-state index >= 15 is 0 Å². The maximum absolute atomic E-state index is 12.9. The standard InChI is InChI=1S/C28H23N5O6S/c1-3-38-27(36)19-5-7-20(8-6-19)30-24(34)16-39-21-9-4-17(14-22(21)37-2)15-23-26(35)33-28(40-23)31-25(32-33)18-10-12-29-13-11-18/h4-15H,3,16H2,1-2H3,(H,30,34)/b23-15-. The van der Waals surface area contributed by atoms with Gasteiger partial charge < -0.3 is 19.5 Å². The number of hydrogen-bond acceptors (Lipinski definition) is 10. The molecule has 0 radical (unpaired) electrons. The van der Waals surface area contributed by atoms with Crippen molar-refractivity contribution in [3.63, 3.8) is 0 Å².